The number of hydrogen-bond acceptors (Lipinski definition) is 3. The normalized spacial score (nSPS) is 10.6. The Balaban J connectivity index is 2.56. The highest BCUT2D eigenvalue weighted by Gasteiger charge is 2.12. The fourth-order valence-corrected chi connectivity index (χ4v) is 3.06. The zero-order valence-electron chi connectivity index (χ0n) is 10.5. The van der Waals surface area contributed by atoms with E-state index in [2.05, 4.69) is 37.9 Å². The lowest BCUT2D eigenvalue weighted by Crippen LogP contribution is -1.89. The van der Waals surface area contributed by atoms with Gasteiger partial charge in [-0.2, -0.15) is 0 Å². The molecule has 0 spiro atoms. The van der Waals surface area contributed by atoms with Crippen LogP contribution in [0.3, 0.4) is 0 Å². The van der Waals surface area contributed by atoms with Crippen molar-refractivity contribution in [3.63, 3.8) is 0 Å². The van der Waals surface area contributed by atoms with Crippen molar-refractivity contribution in [1.82, 2.24) is 4.98 Å². The van der Waals surface area contributed by atoms with E-state index >= 15 is 0 Å². The molecule has 0 bridgehead atoms. The number of hydrogen-bond donors (Lipinski definition) is 0. The topological polar surface area (TPSA) is 30.0 Å². The molecule has 1 heterocycles. The monoisotopic (exact) mass is 245 g/mol. The van der Waals surface area contributed by atoms with E-state index in [4.69, 9.17) is 0 Å². The highest BCUT2D eigenvalue weighted by atomic mass is 32.1. The zero-order chi connectivity index (χ0) is 12.6. The molecule has 17 heavy (non-hydrogen) atoms. The summed E-state index contributed by atoms with van der Waals surface area (Å²) in [7, 11) is 0. The predicted octanol–water partition coefficient (Wildman–Crippen LogP) is 3.94. The predicted molar refractivity (Wildman–Crippen MR) is 71.8 cm³/mol. The van der Waals surface area contributed by atoms with Crippen molar-refractivity contribution < 1.29 is 4.79 Å². The Morgan fingerprint density at radius 2 is 1.76 bits per heavy atom. The number of benzene rings is 1. The summed E-state index contributed by atoms with van der Waals surface area (Å²) in [4.78, 5) is 16.4. The molecular weight excluding hydrogens is 230 g/mol. The molecule has 0 aliphatic carbocycles. The largest absolute Gasteiger partial charge is 0.294 e. The Hall–Kier alpha value is -1.48. The van der Waals surface area contributed by atoms with Crippen molar-refractivity contribution in [2.75, 3.05) is 0 Å². The van der Waals surface area contributed by atoms with E-state index in [9.17, 15) is 4.79 Å². The Bertz CT molecular complexity index is 561. The third-order valence-corrected chi connectivity index (χ3v) is 3.86. The number of Topliss-reactive ketones (excluding diaryl/α,β-unsaturated/α-hetero) is 1. The highest BCUT2D eigenvalue weighted by Crippen LogP contribution is 2.31. The molecule has 0 saturated heterocycles. The van der Waals surface area contributed by atoms with Crippen LogP contribution in [0, 0.1) is 20.8 Å². The van der Waals surface area contributed by atoms with Crippen LogP contribution in [-0.4, -0.2) is 10.8 Å². The first-order valence-corrected chi connectivity index (χ1v) is 6.35. The standard InChI is InChI=1S/C14H15NOS/c1-8-5-9(2)13(10(3)6-8)14-15-7-12(17-14)11(4)16/h5-7H,1-4H3. The third-order valence-electron chi connectivity index (χ3n) is 2.74. The van der Waals surface area contributed by atoms with Crippen LogP contribution >= 0.6 is 11.3 Å². The number of aromatic nitrogens is 1. The second-order valence-electron chi connectivity index (χ2n) is 4.36. The molecule has 0 unspecified atom stereocenters. The SMILES string of the molecule is CC(=O)c1cnc(-c2c(C)cc(C)cc2C)s1. The number of aryl methyl sites for hydroxylation is 3. The molecule has 0 radical (unpaired) electrons. The van der Waals surface area contributed by atoms with Crippen molar-refractivity contribution in [2.24, 2.45) is 0 Å². The number of nitrogens with zero attached hydrogens (tertiary/aromatic N) is 1. The van der Waals surface area contributed by atoms with Gasteiger partial charge in [0.15, 0.2) is 5.78 Å². The minimum absolute atomic E-state index is 0.0798. The first-order chi connectivity index (χ1) is 7.99. The fourth-order valence-electron chi connectivity index (χ4n) is 2.07. The van der Waals surface area contributed by atoms with Gasteiger partial charge in [0.1, 0.15) is 5.01 Å². The van der Waals surface area contributed by atoms with Gasteiger partial charge in [-0.05, 0) is 31.9 Å². The molecule has 88 valence electrons. The molecule has 0 aliphatic heterocycles. The number of ketones is 1. The maximum Gasteiger partial charge on any atom is 0.171 e. The molecule has 0 amide bonds. The zero-order valence-corrected chi connectivity index (χ0v) is 11.3. The van der Waals surface area contributed by atoms with Gasteiger partial charge in [-0.1, -0.05) is 17.7 Å². The molecule has 0 saturated carbocycles. The summed E-state index contributed by atoms with van der Waals surface area (Å²) >= 11 is 1.47. The van der Waals surface area contributed by atoms with Crippen LogP contribution < -0.4 is 0 Å². The lowest BCUT2D eigenvalue weighted by atomic mass is 10.0. The van der Waals surface area contributed by atoms with Gasteiger partial charge in [0, 0.05) is 18.7 Å². The lowest BCUT2D eigenvalue weighted by Gasteiger charge is -2.08. The summed E-state index contributed by atoms with van der Waals surface area (Å²) in [6, 6.07) is 4.30. The Kier molecular flexibility index (Phi) is 3.11. The molecule has 1 aromatic heterocycles. The van der Waals surface area contributed by atoms with Gasteiger partial charge in [0.05, 0.1) is 4.88 Å². The second kappa shape index (κ2) is 4.41. The van der Waals surface area contributed by atoms with Crippen LogP contribution in [0.25, 0.3) is 10.6 Å². The molecule has 0 N–H and O–H groups in total. The molecular formula is C14H15NOS. The van der Waals surface area contributed by atoms with Gasteiger partial charge in [-0.3, -0.25) is 4.79 Å². The van der Waals surface area contributed by atoms with E-state index in [1.807, 2.05) is 0 Å². The Labute approximate surface area is 105 Å². The van der Waals surface area contributed by atoms with E-state index in [1.54, 1.807) is 13.1 Å². The highest BCUT2D eigenvalue weighted by molar-refractivity contribution is 7.17. The van der Waals surface area contributed by atoms with Crippen LogP contribution in [0.1, 0.15) is 33.3 Å². The molecule has 0 fully saturated rings. The molecule has 0 aliphatic rings. The number of carbonyl (C=O) groups is 1. The van der Waals surface area contributed by atoms with E-state index < -0.39 is 0 Å². The van der Waals surface area contributed by atoms with E-state index in [1.165, 1.54) is 28.0 Å². The summed E-state index contributed by atoms with van der Waals surface area (Å²) in [6.07, 6.45) is 1.67. The summed E-state index contributed by atoms with van der Waals surface area (Å²) < 4.78 is 0. The van der Waals surface area contributed by atoms with Crippen LogP contribution in [0.5, 0.6) is 0 Å². The average Bonchev–Trinajstić information content (AvgIpc) is 2.65. The molecule has 2 nitrogen and oxygen atoms in total. The second-order valence-corrected chi connectivity index (χ2v) is 5.39. The summed E-state index contributed by atoms with van der Waals surface area (Å²) in [5.74, 6) is 0.0798. The molecule has 3 heteroatoms. The maximum atomic E-state index is 11.3. The van der Waals surface area contributed by atoms with Crippen LogP contribution in [-0.2, 0) is 0 Å². The molecule has 1 aromatic carbocycles. The van der Waals surface area contributed by atoms with Gasteiger partial charge in [-0.25, -0.2) is 4.98 Å². The third kappa shape index (κ3) is 2.29. The molecule has 2 rings (SSSR count). The number of carbonyl (C=O) groups excluding carboxylic acids is 1. The number of rotatable bonds is 2. The minimum Gasteiger partial charge on any atom is -0.294 e. The Morgan fingerprint density at radius 1 is 1.18 bits per heavy atom. The molecule has 0 atom stereocenters. The van der Waals surface area contributed by atoms with Crippen molar-refractivity contribution in [1.29, 1.82) is 0 Å². The summed E-state index contributed by atoms with van der Waals surface area (Å²) in [6.45, 7) is 7.84. The van der Waals surface area contributed by atoms with Crippen LogP contribution in [0.2, 0.25) is 0 Å². The van der Waals surface area contributed by atoms with E-state index in [0.717, 1.165) is 15.4 Å². The van der Waals surface area contributed by atoms with Crippen LogP contribution in [0.4, 0.5) is 0 Å². The smallest absolute Gasteiger partial charge is 0.171 e. The van der Waals surface area contributed by atoms with Crippen molar-refractivity contribution in [3.05, 3.63) is 39.9 Å². The van der Waals surface area contributed by atoms with Gasteiger partial charge in [0.25, 0.3) is 0 Å². The minimum atomic E-state index is 0.0798. The van der Waals surface area contributed by atoms with E-state index in [-0.39, 0.29) is 5.78 Å². The van der Waals surface area contributed by atoms with Gasteiger partial charge in [-0.15, -0.1) is 11.3 Å². The Morgan fingerprint density at radius 3 is 2.24 bits per heavy atom. The fraction of sp³-hybridized carbons (Fsp3) is 0.286. The van der Waals surface area contributed by atoms with Crippen molar-refractivity contribution in [3.8, 4) is 10.6 Å². The summed E-state index contributed by atoms with van der Waals surface area (Å²) in [5.41, 5.74) is 4.85. The van der Waals surface area contributed by atoms with Gasteiger partial charge in [0.2, 0.25) is 0 Å². The van der Waals surface area contributed by atoms with Crippen molar-refractivity contribution >= 4 is 17.1 Å². The quantitative estimate of drug-likeness (QED) is 0.750. The van der Waals surface area contributed by atoms with Gasteiger partial charge >= 0.3 is 0 Å². The first kappa shape index (κ1) is 12.0. The number of thiazole rings is 1. The first-order valence-electron chi connectivity index (χ1n) is 5.54. The average molecular weight is 245 g/mol. The molecule has 2 aromatic rings. The van der Waals surface area contributed by atoms with E-state index in [0.29, 0.717) is 0 Å². The maximum absolute atomic E-state index is 11.3. The lowest BCUT2D eigenvalue weighted by molar-refractivity contribution is 0.102. The van der Waals surface area contributed by atoms with Crippen LogP contribution in [0.15, 0.2) is 18.3 Å². The van der Waals surface area contributed by atoms with Crippen molar-refractivity contribution in [2.45, 2.75) is 27.7 Å². The summed E-state index contributed by atoms with van der Waals surface area (Å²) in [5, 5.41) is 0.935. The van der Waals surface area contributed by atoms with Gasteiger partial charge < -0.3 is 0 Å².